The molecule has 0 saturated heterocycles. The zero-order valence-electron chi connectivity index (χ0n) is 20.5. The van der Waals surface area contributed by atoms with Gasteiger partial charge < -0.3 is 4.57 Å². The molecule has 0 bridgehead atoms. The topological polar surface area (TPSA) is 4.93 Å². The Labute approximate surface area is 228 Å². The number of hydrogen-bond donors (Lipinski definition) is 0. The molecular formula is C36H22BrN. The van der Waals surface area contributed by atoms with Crippen molar-refractivity contribution in [3.05, 3.63) is 138 Å². The van der Waals surface area contributed by atoms with Crippen LogP contribution in [0, 0.1) is 0 Å². The first-order chi connectivity index (χ1) is 18.8. The van der Waals surface area contributed by atoms with E-state index in [0.717, 1.165) is 4.47 Å². The van der Waals surface area contributed by atoms with E-state index in [1.165, 1.54) is 70.9 Å². The summed E-state index contributed by atoms with van der Waals surface area (Å²) in [5.74, 6) is 0. The maximum Gasteiger partial charge on any atom is 0.0625 e. The minimum absolute atomic E-state index is 1.10. The predicted molar refractivity (Wildman–Crippen MR) is 166 cm³/mol. The molecule has 7 aromatic carbocycles. The molecule has 8 rings (SSSR count). The molecule has 0 aliphatic heterocycles. The summed E-state index contributed by atoms with van der Waals surface area (Å²) in [6.07, 6.45) is 0. The number of hydrogen-bond acceptors (Lipinski definition) is 0. The van der Waals surface area contributed by atoms with E-state index in [1.807, 2.05) is 0 Å². The lowest BCUT2D eigenvalue weighted by Gasteiger charge is -2.15. The average molecular weight is 548 g/mol. The highest BCUT2D eigenvalue weighted by Gasteiger charge is 2.18. The Hall–Kier alpha value is -4.40. The largest absolute Gasteiger partial charge is 0.309 e. The minimum Gasteiger partial charge on any atom is -0.309 e. The second kappa shape index (κ2) is 8.31. The Kier molecular flexibility index (Phi) is 4.74. The van der Waals surface area contributed by atoms with Gasteiger partial charge in [0.1, 0.15) is 0 Å². The summed E-state index contributed by atoms with van der Waals surface area (Å²) in [5.41, 5.74) is 6.11. The number of aromatic nitrogens is 1. The Morgan fingerprint density at radius 3 is 1.82 bits per heavy atom. The number of nitrogens with zero attached hydrogens (tertiary/aromatic N) is 1. The molecule has 0 N–H and O–H groups in total. The first-order valence-corrected chi connectivity index (χ1v) is 13.7. The SMILES string of the molecule is Brc1ccc2c(c1)c1ccccc1c1c2ccc2c3ccccc3n(-c3ccc(-c4ccccc4)cc3)c21. The van der Waals surface area contributed by atoms with Crippen LogP contribution in [0.3, 0.4) is 0 Å². The van der Waals surface area contributed by atoms with E-state index in [9.17, 15) is 0 Å². The van der Waals surface area contributed by atoms with Gasteiger partial charge in [-0.2, -0.15) is 0 Å². The Morgan fingerprint density at radius 1 is 0.421 bits per heavy atom. The fourth-order valence-electron chi connectivity index (χ4n) is 6.17. The fraction of sp³-hybridized carbons (Fsp3) is 0. The molecule has 8 aromatic rings. The van der Waals surface area contributed by atoms with E-state index >= 15 is 0 Å². The molecule has 0 saturated carbocycles. The summed E-state index contributed by atoms with van der Waals surface area (Å²) in [4.78, 5) is 0. The van der Waals surface area contributed by atoms with Gasteiger partial charge in [-0.25, -0.2) is 0 Å². The quantitative estimate of drug-likeness (QED) is 0.189. The zero-order valence-corrected chi connectivity index (χ0v) is 22.1. The predicted octanol–water partition coefficient (Wildman–Crippen LogP) is 10.7. The van der Waals surface area contributed by atoms with Gasteiger partial charge in [0.25, 0.3) is 0 Å². The number of rotatable bonds is 2. The molecule has 178 valence electrons. The van der Waals surface area contributed by atoms with Gasteiger partial charge in [-0.05, 0) is 68.4 Å². The van der Waals surface area contributed by atoms with Crippen molar-refractivity contribution in [2.24, 2.45) is 0 Å². The summed E-state index contributed by atoms with van der Waals surface area (Å²) >= 11 is 3.71. The Morgan fingerprint density at radius 2 is 1.00 bits per heavy atom. The average Bonchev–Trinajstić information content (AvgIpc) is 3.32. The van der Waals surface area contributed by atoms with E-state index in [-0.39, 0.29) is 0 Å². The number of benzene rings is 7. The van der Waals surface area contributed by atoms with Crippen LogP contribution in [-0.4, -0.2) is 4.57 Å². The van der Waals surface area contributed by atoms with Crippen molar-refractivity contribution < 1.29 is 0 Å². The van der Waals surface area contributed by atoms with Gasteiger partial charge >= 0.3 is 0 Å². The van der Waals surface area contributed by atoms with Gasteiger partial charge in [0.2, 0.25) is 0 Å². The molecule has 0 aliphatic rings. The smallest absolute Gasteiger partial charge is 0.0625 e. The first-order valence-electron chi connectivity index (χ1n) is 12.9. The highest BCUT2D eigenvalue weighted by Crippen LogP contribution is 2.43. The van der Waals surface area contributed by atoms with Crippen LogP contribution in [0.4, 0.5) is 0 Å². The van der Waals surface area contributed by atoms with Crippen LogP contribution in [0.25, 0.3) is 70.9 Å². The Bertz CT molecular complexity index is 2150. The second-order valence-corrected chi connectivity index (χ2v) is 10.8. The van der Waals surface area contributed by atoms with Crippen LogP contribution in [0.2, 0.25) is 0 Å². The molecule has 2 heteroatoms. The van der Waals surface area contributed by atoms with Crippen molar-refractivity contribution in [1.29, 1.82) is 0 Å². The monoisotopic (exact) mass is 547 g/mol. The van der Waals surface area contributed by atoms with Gasteiger partial charge in [-0.15, -0.1) is 0 Å². The van der Waals surface area contributed by atoms with Gasteiger partial charge in [0.15, 0.2) is 0 Å². The molecule has 1 nitrogen and oxygen atoms in total. The lowest BCUT2D eigenvalue weighted by molar-refractivity contribution is 1.19. The van der Waals surface area contributed by atoms with Gasteiger partial charge in [-0.3, -0.25) is 0 Å². The van der Waals surface area contributed by atoms with E-state index in [2.05, 4.69) is 154 Å². The highest BCUT2D eigenvalue weighted by molar-refractivity contribution is 9.10. The highest BCUT2D eigenvalue weighted by atomic mass is 79.9. The summed E-state index contributed by atoms with van der Waals surface area (Å²) in [6, 6.07) is 48.5. The normalized spacial score (nSPS) is 11.8. The first kappa shape index (κ1) is 21.7. The van der Waals surface area contributed by atoms with E-state index in [0.29, 0.717) is 0 Å². The van der Waals surface area contributed by atoms with Crippen molar-refractivity contribution in [1.82, 2.24) is 4.57 Å². The van der Waals surface area contributed by atoms with Gasteiger partial charge in [0, 0.05) is 26.3 Å². The van der Waals surface area contributed by atoms with Crippen LogP contribution >= 0.6 is 15.9 Å². The van der Waals surface area contributed by atoms with Crippen LogP contribution in [-0.2, 0) is 0 Å². The van der Waals surface area contributed by atoms with E-state index in [1.54, 1.807) is 0 Å². The maximum atomic E-state index is 3.71. The summed E-state index contributed by atoms with van der Waals surface area (Å²) in [5, 5.41) is 10.2. The fourth-order valence-corrected chi connectivity index (χ4v) is 6.53. The lowest BCUT2D eigenvalue weighted by atomic mass is 9.93. The molecule has 0 aliphatic carbocycles. The van der Waals surface area contributed by atoms with Crippen LogP contribution < -0.4 is 0 Å². The van der Waals surface area contributed by atoms with Crippen LogP contribution in [0.5, 0.6) is 0 Å². The molecule has 0 radical (unpaired) electrons. The molecule has 38 heavy (non-hydrogen) atoms. The van der Waals surface area contributed by atoms with Crippen molar-refractivity contribution in [3.63, 3.8) is 0 Å². The number of halogens is 1. The standard InChI is InChI=1S/C36H22BrN/c37-25-16-19-28-31-20-21-32-29-11-6-7-13-34(29)38(26-17-14-24(15-18-26)23-8-2-1-3-9-23)36(32)35(31)30-12-5-4-10-27(30)33(28)22-25/h1-22H. The third kappa shape index (κ3) is 3.11. The van der Waals surface area contributed by atoms with Gasteiger partial charge in [0.05, 0.1) is 11.0 Å². The van der Waals surface area contributed by atoms with Crippen LogP contribution in [0.15, 0.2) is 138 Å². The molecular weight excluding hydrogens is 526 g/mol. The molecule has 0 atom stereocenters. The molecule has 0 unspecified atom stereocenters. The van der Waals surface area contributed by atoms with E-state index in [4.69, 9.17) is 0 Å². The maximum absolute atomic E-state index is 3.71. The third-order valence-corrected chi connectivity index (χ3v) is 8.32. The molecule has 1 aromatic heterocycles. The molecule has 0 amide bonds. The van der Waals surface area contributed by atoms with E-state index < -0.39 is 0 Å². The summed E-state index contributed by atoms with van der Waals surface area (Å²) < 4.78 is 3.56. The third-order valence-electron chi connectivity index (χ3n) is 7.83. The van der Waals surface area contributed by atoms with Crippen molar-refractivity contribution in [2.45, 2.75) is 0 Å². The molecule has 0 spiro atoms. The molecule has 1 heterocycles. The number of para-hydroxylation sites is 1. The second-order valence-electron chi connectivity index (χ2n) is 9.89. The summed E-state index contributed by atoms with van der Waals surface area (Å²) in [7, 11) is 0. The van der Waals surface area contributed by atoms with Gasteiger partial charge in [-0.1, -0.05) is 119 Å². The van der Waals surface area contributed by atoms with Crippen LogP contribution in [0.1, 0.15) is 0 Å². The molecule has 0 fully saturated rings. The summed E-state index contributed by atoms with van der Waals surface area (Å²) in [6.45, 7) is 0. The van der Waals surface area contributed by atoms with Crippen molar-refractivity contribution >= 4 is 70.1 Å². The zero-order chi connectivity index (χ0) is 25.2. The Balaban J connectivity index is 1.55. The lowest BCUT2D eigenvalue weighted by Crippen LogP contribution is -1.95. The minimum atomic E-state index is 1.10. The number of fused-ring (bicyclic) bond motifs is 10. The van der Waals surface area contributed by atoms with Crippen molar-refractivity contribution in [3.8, 4) is 16.8 Å². The van der Waals surface area contributed by atoms with Crippen molar-refractivity contribution in [2.75, 3.05) is 0 Å².